The van der Waals surface area contributed by atoms with E-state index < -0.39 is 0 Å². The molecule has 0 spiro atoms. The Morgan fingerprint density at radius 2 is 2.04 bits per heavy atom. The van der Waals surface area contributed by atoms with Crippen LogP contribution >= 0.6 is 55.1 Å². The second kappa shape index (κ2) is 7.66. The molecule has 0 unspecified atom stereocenters. The summed E-state index contributed by atoms with van der Waals surface area (Å²) in [6.07, 6.45) is 0. The molecular weight excluding hydrogens is 548 g/mol. The van der Waals surface area contributed by atoms with E-state index in [1.54, 1.807) is 16.8 Å². The Morgan fingerprint density at radius 1 is 1.25 bits per heavy atom. The van der Waals surface area contributed by atoms with Crippen molar-refractivity contribution in [3.63, 3.8) is 0 Å². The van der Waals surface area contributed by atoms with Gasteiger partial charge < -0.3 is 0 Å². The molecule has 5 nitrogen and oxygen atoms in total. The van der Waals surface area contributed by atoms with E-state index in [1.165, 1.54) is 0 Å². The Balaban J connectivity index is 2.25. The maximum atomic E-state index is 8.58. The zero-order valence-electron chi connectivity index (χ0n) is 11.8. The van der Waals surface area contributed by atoms with Crippen LogP contribution in [0.4, 0.5) is 0 Å². The number of rotatable bonds is 4. The predicted octanol–water partition coefficient (Wildman–Crippen LogP) is 6.24. The molecule has 0 atom stereocenters. The van der Waals surface area contributed by atoms with Crippen LogP contribution in [0.2, 0.25) is 10.0 Å². The second-order valence-corrected chi connectivity index (χ2v) is 10.6. The molecule has 3 aromatic rings. The fourth-order valence-electron chi connectivity index (χ4n) is 2.13. The van der Waals surface area contributed by atoms with Gasteiger partial charge >= 0.3 is 171 Å². The van der Waals surface area contributed by atoms with Gasteiger partial charge in [-0.15, -0.1) is 0 Å². The van der Waals surface area contributed by atoms with Crippen LogP contribution in [0.3, 0.4) is 0 Å². The van der Waals surface area contributed by atoms with Crippen molar-refractivity contribution in [3.05, 3.63) is 64.3 Å². The summed E-state index contributed by atoms with van der Waals surface area (Å²) in [5.41, 5.74) is 10.8. The van der Waals surface area contributed by atoms with Crippen LogP contribution in [-0.2, 0) is 6.54 Å². The molecule has 0 saturated carbocycles. The molecule has 0 N–H and O–H groups in total. The third kappa shape index (κ3) is 3.60. The molecule has 0 aliphatic heterocycles. The molecule has 0 fully saturated rings. The number of hydrogen-bond acceptors (Lipinski definition) is 2. The van der Waals surface area contributed by atoms with Gasteiger partial charge in [-0.2, -0.15) is 0 Å². The van der Waals surface area contributed by atoms with Crippen LogP contribution in [0, 0.1) is 0 Å². The van der Waals surface area contributed by atoms with E-state index in [-0.39, 0.29) is 21.0 Å². The summed E-state index contributed by atoms with van der Waals surface area (Å²) in [4.78, 5) is 2.81. The summed E-state index contributed by atoms with van der Waals surface area (Å²) in [5.74, 6) is 0. The fraction of sp³-hybridized carbons (Fsp3) is 0.0714. The first-order chi connectivity index (χ1) is 11.5. The van der Waals surface area contributed by atoms with E-state index in [2.05, 4.69) is 47.0 Å². The van der Waals surface area contributed by atoms with Crippen molar-refractivity contribution in [2.24, 2.45) is 5.11 Å². The van der Waals surface area contributed by atoms with Crippen molar-refractivity contribution >= 4 is 69.6 Å². The minimum absolute atomic E-state index is 0.134. The zero-order chi connectivity index (χ0) is 17.3. The van der Waals surface area contributed by atoms with E-state index in [0.717, 1.165) is 18.0 Å². The number of benzene rings is 1. The molecule has 2 aromatic heterocycles. The normalized spacial score (nSPS) is 10.7. The van der Waals surface area contributed by atoms with Gasteiger partial charge in [0.2, 0.25) is 0 Å². The number of nitrogens with zero attached hydrogens (tertiary/aromatic N) is 5. The average molecular weight is 555 g/mol. The summed E-state index contributed by atoms with van der Waals surface area (Å²) in [7, 11) is 0. The van der Waals surface area contributed by atoms with Gasteiger partial charge in [-0.3, -0.25) is 0 Å². The van der Waals surface area contributed by atoms with Gasteiger partial charge in [0.15, 0.2) is 0 Å². The summed E-state index contributed by atoms with van der Waals surface area (Å²) in [6.45, 7) is 0.150. The molecule has 1 aromatic carbocycles. The molecule has 122 valence electrons. The summed E-state index contributed by atoms with van der Waals surface area (Å²) in [6, 6.07) is 9.32. The predicted molar refractivity (Wildman–Crippen MR) is 104 cm³/mol. The zero-order valence-corrected chi connectivity index (χ0v) is 18.1. The van der Waals surface area contributed by atoms with Crippen LogP contribution in [-0.4, -0.2) is 24.3 Å². The Kier molecular flexibility index (Phi) is 5.77. The van der Waals surface area contributed by atoms with E-state index >= 15 is 0 Å². The molecule has 0 aliphatic rings. The topological polar surface area (TPSA) is 66.6 Å². The molecule has 3 rings (SSSR count). The molecule has 0 radical (unpaired) electrons. The van der Waals surface area contributed by atoms with Gasteiger partial charge in [-0.1, -0.05) is 0 Å². The van der Waals surface area contributed by atoms with E-state index in [1.807, 2.05) is 18.2 Å². The third-order valence-electron chi connectivity index (χ3n) is 3.12. The molecule has 2 heterocycles. The van der Waals surface area contributed by atoms with Crippen molar-refractivity contribution in [1.29, 1.82) is 0 Å². The number of aromatic nitrogens is 2. The SMILES string of the molecule is [N-]=[N+]=NCc1nn(-c2ccc(Cl)cc2Cl)c(-c2ccc(Br)[se]2)c1Br. The van der Waals surface area contributed by atoms with E-state index in [9.17, 15) is 0 Å². The number of halogens is 4. The minimum atomic E-state index is 0.134. The summed E-state index contributed by atoms with van der Waals surface area (Å²) < 4.78 is 4.83. The van der Waals surface area contributed by atoms with Crippen LogP contribution < -0.4 is 0 Å². The third-order valence-corrected chi connectivity index (χ3v) is 7.45. The van der Waals surface area contributed by atoms with Gasteiger partial charge in [-0.25, -0.2) is 0 Å². The molecule has 0 amide bonds. The molecule has 0 bridgehead atoms. The van der Waals surface area contributed by atoms with Crippen LogP contribution in [0.1, 0.15) is 5.69 Å². The first-order valence-corrected chi connectivity index (χ1v) is 10.6. The van der Waals surface area contributed by atoms with Crippen LogP contribution in [0.15, 0.2) is 43.3 Å². The standard InChI is InChI=1S/C14H7Br2Cl2N5Se/c15-12-4-3-11(24-12)14-13(16)9(6-20-22-19)21-23(14)10-2-1-7(17)5-8(10)18/h1-5H,6H2. The van der Waals surface area contributed by atoms with Gasteiger partial charge in [-0.05, 0) is 0 Å². The second-order valence-electron chi connectivity index (χ2n) is 4.61. The van der Waals surface area contributed by atoms with Crippen molar-refractivity contribution < 1.29 is 0 Å². The molecule has 0 aliphatic carbocycles. The molecule has 0 saturated heterocycles. The summed E-state index contributed by atoms with van der Waals surface area (Å²) >= 11 is 19.6. The maximum absolute atomic E-state index is 8.58. The average Bonchev–Trinajstić information content (AvgIpc) is 3.09. The Morgan fingerprint density at radius 3 is 2.67 bits per heavy atom. The van der Waals surface area contributed by atoms with Gasteiger partial charge in [0, 0.05) is 0 Å². The Labute approximate surface area is 170 Å². The van der Waals surface area contributed by atoms with E-state index in [0.29, 0.717) is 21.4 Å². The van der Waals surface area contributed by atoms with Gasteiger partial charge in [0.1, 0.15) is 0 Å². The molecular formula is C14H7Br2Cl2N5Se. The fourth-order valence-corrected chi connectivity index (χ4v) is 6.14. The Bertz CT molecular complexity index is 962. The van der Waals surface area contributed by atoms with Crippen molar-refractivity contribution in [3.8, 4) is 15.8 Å². The number of hydrogen-bond donors (Lipinski definition) is 0. The first kappa shape index (κ1) is 18.1. The van der Waals surface area contributed by atoms with Crippen molar-refractivity contribution in [1.82, 2.24) is 9.78 Å². The molecule has 24 heavy (non-hydrogen) atoms. The quantitative estimate of drug-likeness (QED) is 0.163. The first-order valence-electron chi connectivity index (χ1n) is 6.50. The van der Waals surface area contributed by atoms with Crippen molar-refractivity contribution in [2.45, 2.75) is 6.54 Å². The van der Waals surface area contributed by atoms with Crippen LogP contribution in [0.25, 0.3) is 26.3 Å². The van der Waals surface area contributed by atoms with Crippen molar-refractivity contribution in [2.75, 3.05) is 0 Å². The Hall–Kier alpha value is -0.721. The van der Waals surface area contributed by atoms with Gasteiger partial charge in [0.05, 0.1) is 0 Å². The van der Waals surface area contributed by atoms with Gasteiger partial charge in [0.25, 0.3) is 0 Å². The summed E-state index contributed by atoms with van der Waals surface area (Å²) in [5, 5.41) is 9.25. The monoisotopic (exact) mass is 553 g/mol. The van der Waals surface area contributed by atoms with Crippen LogP contribution in [0.5, 0.6) is 0 Å². The van der Waals surface area contributed by atoms with E-state index in [4.69, 9.17) is 28.7 Å². The molecule has 10 heteroatoms. The number of azide groups is 1.